The van der Waals surface area contributed by atoms with Gasteiger partial charge in [-0.3, -0.25) is 4.40 Å². The number of nitrogens with zero attached hydrogens (tertiary/aromatic N) is 2. The van der Waals surface area contributed by atoms with Crippen LogP contribution in [0.3, 0.4) is 0 Å². The fourth-order valence-electron chi connectivity index (χ4n) is 2.83. The molecule has 0 aliphatic heterocycles. The Balaban J connectivity index is 2.12. The maximum Gasteiger partial charge on any atom is 0.194 e. The van der Waals surface area contributed by atoms with Crippen molar-refractivity contribution in [3.63, 3.8) is 0 Å². The summed E-state index contributed by atoms with van der Waals surface area (Å²) < 4.78 is 7.73. The standard InChI is InChI=1S/C17H21N3OS/c1-4-14-11(3)22-17-19-16(15(10-18)20(14)17)12-6-8-13(9-7-12)21-5-2/h6-9H,4-5,10,18H2,1-3H3. The molecule has 2 aromatic heterocycles. The van der Waals surface area contributed by atoms with Crippen LogP contribution >= 0.6 is 11.3 Å². The Labute approximate surface area is 134 Å². The molecule has 0 radical (unpaired) electrons. The fraction of sp³-hybridized carbons (Fsp3) is 0.353. The zero-order chi connectivity index (χ0) is 15.7. The largest absolute Gasteiger partial charge is 0.494 e. The van der Waals surface area contributed by atoms with Gasteiger partial charge in [0, 0.05) is 22.7 Å². The van der Waals surface area contributed by atoms with Crippen molar-refractivity contribution >= 4 is 16.3 Å². The second-order valence-electron chi connectivity index (χ2n) is 5.15. The molecule has 1 aromatic carbocycles. The number of aromatic nitrogens is 2. The molecule has 3 aromatic rings. The number of thiazole rings is 1. The average molecular weight is 315 g/mol. The van der Waals surface area contributed by atoms with Gasteiger partial charge in [-0.15, -0.1) is 11.3 Å². The molecule has 5 heteroatoms. The normalized spacial score (nSPS) is 11.3. The van der Waals surface area contributed by atoms with E-state index in [0.29, 0.717) is 13.2 Å². The van der Waals surface area contributed by atoms with Crippen LogP contribution in [-0.2, 0) is 13.0 Å². The fourth-order valence-corrected chi connectivity index (χ4v) is 3.91. The van der Waals surface area contributed by atoms with Crippen molar-refractivity contribution < 1.29 is 4.74 Å². The topological polar surface area (TPSA) is 52.5 Å². The maximum atomic E-state index is 6.03. The summed E-state index contributed by atoms with van der Waals surface area (Å²) >= 11 is 1.73. The first-order valence-electron chi connectivity index (χ1n) is 7.62. The first-order chi connectivity index (χ1) is 10.7. The lowest BCUT2D eigenvalue weighted by atomic mass is 10.1. The smallest absolute Gasteiger partial charge is 0.194 e. The quantitative estimate of drug-likeness (QED) is 0.779. The predicted molar refractivity (Wildman–Crippen MR) is 91.7 cm³/mol. The number of imidazole rings is 1. The van der Waals surface area contributed by atoms with E-state index in [2.05, 4.69) is 30.4 Å². The van der Waals surface area contributed by atoms with Gasteiger partial charge in [-0.1, -0.05) is 6.92 Å². The second-order valence-corrected chi connectivity index (χ2v) is 6.33. The van der Waals surface area contributed by atoms with Gasteiger partial charge >= 0.3 is 0 Å². The summed E-state index contributed by atoms with van der Waals surface area (Å²) in [5.74, 6) is 0.881. The molecule has 0 amide bonds. The van der Waals surface area contributed by atoms with Crippen molar-refractivity contribution in [3.8, 4) is 17.0 Å². The molecule has 0 saturated heterocycles. The van der Waals surface area contributed by atoms with Gasteiger partial charge in [0.2, 0.25) is 0 Å². The Bertz CT molecular complexity index is 786. The van der Waals surface area contributed by atoms with Gasteiger partial charge in [0.15, 0.2) is 4.96 Å². The van der Waals surface area contributed by atoms with E-state index < -0.39 is 0 Å². The summed E-state index contributed by atoms with van der Waals surface area (Å²) in [4.78, 5) is 7.16. The first-order valence-corrected chi connectivity index (χ1v) is 8.44. The van der Waals surface area contributed by atoms with E-state index in [1.165, 1.54) is 10.6 Å². The lowest BCUT2D eigenvalue weighted by Crippen LogP contribution is -2.04. The molecule has 3 rings (SSSR count). The number of nitrogens with two attached hydrogens (primary N) is 1. The highest BCUT2D eigenvalue weighted by Crippen LogP contribution is 2.31. The molecule has 116 valence electrons. The maximum absolute atomic E-state index is 6.03. The molecule has 0 spiro atoms. The molecule has 22 heavy (non-hydrogen) atoms. The molecule has 4 nitrogen and oxygen atoms in total. The molecule has 0 saturated carbocycles. The molecule has 0 aliphatic carbocycles. The lowest BCUT2D eigenvalue weighted by molar-refractivity contribution is 0.340. The number of fused-ring (bicyclic) bond motifs is 1. The number of ether oxygens (including phenoxy) is 1. The predicted octanol–water partition coefficient (Wildman–Crippen LogP) is 3.79. The minimum Gasteiger partial charge on any atom is -0.494 e. The number of rotatable bonds is 5. The Kier molecular flexibility index (Phi) is 4.18. The number of hydrogen-bond acceptors (Lipinski definition) is 4. The average Bonchev–Trinajstić information content (AvgIpc) is 3.02. The molecule has 0 aliphatic rings. The summed E-state index contributed by atoms with van der Waals surface area (Å²) in [6.07, 6.45) is 0.984. The zero-order valence-electron chi connectivity index (χ0n) is 13.2. The third kappa shape index (κ3) is 2.40. The van der Waals surface area contributed by atoms with Crippen molar-refractivity contribution in [2.45, 2.75) is 33.7 Å². The van der Waals surface area contributed by atoms with Crippen LogP contribution in [0.2, 0.25) is 0 Å². The van der Waals surface area contributed by atoms with E-state index in [1.54, 1.807) is 11.3 Å². The summed E-state index contributed by atoms with van der Waals surface area (Å²) in [7, 11) is 0. The highest BCUT2D eigenvalue weighted by molar-refractivity contribution is 7.17. The van der Waals surface area contributed by atoms with Crippen LogP contribution in [0.15, 0.2) is 24.3 Å². The Morgan fingerprint density at radius 2 is 1.91 bits per heavy atom. The van der Waals surface area contributed by atoms with Crippen molar-refractivity contribution in [1.29, 1.82) is 0 Å². The highest BCUT2D eigenvalue weighted by atomic mass is 32.1. The lowest BCUT2D eigenvalue weighted by Gasteiger charge is -2.06. The van der Waals surface area contributed by atoms with Gasteiger partial charge in [0.05, 0.1) is 18.0 Å². The molecule has 0 atom stereocenters. The van der Waals surface area contributed by atoms with Crippen LogP contribution in [0.1, 0.15) is 30.1 Å². The van der Waals surface area contributed by atoms with E-state index in [9.17, 15) is 0 Å². The van der Waals surface area contributed by atoms with Crippen molar-refractivity contribution in [2.24, 2.45) is 5.73 Å². The molecule has 0 fully saturated rings. The Morgan fingerprint density at radius 1 is 1.18 bits per heavy atom. The summed E-state index contributed by atoms with van der Waals surface area (Å²) in [6, 6.07) is 8.07. The van der Waals surface area contributed by atoms with Crippen LogP contribution in [0.5, 0.6) is 5.75 Å². The third-order valence-corrected chi connectivity index (χ3v) is 4.83. The monoisotopic (exact) mass is 315 g/mol. The highest BCUT2D eigenvalue weighted by Gasteiger charge is 2.18. The molecular weight excluding hydrogens is 294 g/mol. The van der Waals surface area contributed by atoms with Crippen molar-refractivity contribution in [2.75, 3.05) is 6.61 Å². The molecule has 2 N–H and O–H groups in total. The minimum atomic E-state index is 0.479. The van der Waals surface area contributed by atoms with Crippen LogP contribution < -0.4 is 10.5 Å². The summed E-state index contributed by atoms with van der Waals surface area (Å²) in [5.41, 5.74) is 10.5. The Hall–Kier alpha value is -1.85. The van der Waals surface area contributed by atoms with E-state index in [1.807, 2.05) is 19.1 Å². The van der Waals surface area contributed by atoms with E-state index in [-0.39, 0.29) is 0 Å². The SMILES string of the molecule is CCOc1ccc(-c2nc3sc(C)c(CC)n3c2CN)cc1. The molecule has 0 bridgehead atoms. The summed E-state index contributed by atoms with van der Waals surface area (Å²) in [5, 5.41) is 0. The third-order valence-electron chi connectivity index (χ3n) is 3.83. The van der Waals surface area contributed by atoms with E-state index >= 15 is 0 Å². The van der Waals surface area contributed by atoms with Gasteiger partial charge in [0.25, 0.3) is 0 Å². The van der Waals surface area contributed by atoms with E-state index in [4.69, 9.17) is 15.5 Å². The number of aryl methyl sites for hydroxylation is 2. The van der Waals surface area contributed by atoms with Gasteiger partial charge in [0.1, 0.15) is 5.75 Å². The number of hydrogen-bond donors (Lipinski definition) is 1. The summed E-state index contributed by atoms with van der Waals surface area (Å²) in [6.45, 7) is 7.46. The van der Waals surface area contributed by atoms with Gasteiger partial charge < -0.3 is 10.5 Å². The van der Waals surface area contributed by atoms with Crippen LogP contribution in [-0.4, -0.2) is 16.0 Å². The van der Waals surface area contributed by atoms with Gasteiger partial charge in [-0.2, -0.15) is 0 Å². The molecular formula is C17H21N3OS. The van der Waals surface area contributed by atoms with Crippen LogP contribution in [0, 0.1) is 6.92 Å². The van der Waals surface area contributed by atoms with Crippen molar-refractivity contribution in [1.82, 2.24) is 9.38 Å². The number of benzene rings is 1. The molecule has 2 heterocycles. The first kappa shape index (κ1) is 15.1. The van der Waals surface area contributed by atoms with Crippen LogP contribution in [0.25, 0.3) is 16.2 Å². The zero-order valence-corrected chi connectivity index (χ0v) is 14.0. The Morgan fingerprint density at radius 3 is 2.50 bits per heavy atom. The van der Waals surface area contributed by atoms with Gasteiger partial charge in [-0.25, -0.2) is 4.98 Å². The van der Waals surface area contributed by atoms with Crippen LogP contribution in [0.4, 0.5) is 0 Å². The van der Waals surface area contributed by atoms with Gasteiger partial charge in [-0.05, 0) is 44.5 Å². The second kappa shape index (κ2) is 6.10. The minimum absolute atomic E-state index is 0.479. The molecule has 0 unspecified atom stereocenters. The van der Waals surface area contributed by atoms with Crippen molar-refractivity contribution in [3.05, 3.63) is 40.5 Å². The van der Waals surface area contributed by atoms with E-state index in [0.717, 1.165) is 34.1 Å².